The Morgan fingerprint density at radius 1 is 1.43 bits per heavy atom. The fourth-order valence-electron chi connectivity index (χ4n) is 2.19. The lowest BCUT2D eigenvalue weighted by molar-refractivity contribution is -0.126. The maximum absolute atomic E-state index is 12.1. The fraction of sp³-hybridized carbons (Fsp3) is 0.588. The van der Waals surface area contributed by atoms with E-state index in [0.29, 0.717) is 13.0 Å². The molecule has 2 unspecified atom stereocenters. The van der Waals surface area contributed by atoms with Gasteiger partial charge in [0.15, 0.2) is 0 Å². The van der Waals surface area contributed by atoms with E-state index in [4.69, 9.17) is 10.5 Å². The number of nitrogens with one attached hydrogen (secondary N) is 1. The largest absolute Gasteiger partial charge is 0.489 e. The molecular formula is C17H28N2O2. The summed E-state index contributed by atoms with van der Waals surface area (Å²) in [4.78, 5) is 12.1. The van der Waals surface area contributed by atoms with Gasteiger partial charge in [-0.15, -0.1) is 0 Å². The number of aryl methyl sites for hydroxylation is 1. The van der Waals surface area contributed by atoms with Gasteiger partial charge in [0.25, 0.3) is 0 Å². The predicted octanol–water partition coefficient (Wildman–Crippen LogP) is 2.79. The Kier molecular flexibility index (Phi) is 6.69. The number of carbonyl (C=O) groups excluding carboxylic acids is 1. The van der Waals surface area contributed by atoms with Crippen LogP contribution in [0.25, 0.3) is 0 Å². The molecule has 21 heavy (non-hydrogen) atoms. The summed E-state index contributed by atoms with van der Waals surface area (Å²) < 4.78 is 5.91. The SMILES string of the molecule is CCCC(C)(N)C(=O)NCC(CC)Oc1cccc(C)c1. The lowest BCUT2D eigenvalue weighted by Gasteiger charge is -2.25. The normalized spacial score (nSPS) is 15.1. The van der Waals surface area contributed by atoms with Gasteiger partial charge in [0.2, 0.25) is 5.91 Å². The van der Waals surface area contributed by atoms with Gasteiger partial charge in [-0.2, -0.15) is 0 Å². The summed E-state index contributed by atoms with van der Waals surface area (Å²) >= 11 is 0. The summed E-state index contributed by atoms with van der Waals surface area (Å²) in [6.07, 6.45) is 2.34. The van der Waals surface area contributed by atoms with Crippen LogP contribution in [0.4, 0.5) is 0 Å². The molecule has 0 spiro atoms. The van der Waals surface area contributed by atoms with Gasteiger partial charge in [-0.3, -0.25) is 4.79 Å². The van der Waals surface area contributed by atoms with Gasteiger partial charge >= 0.3 is 0 Å². The standard InChI is InChI=1S/C17H28N2O2/c1-5-10-17(4,18)16(20)19-12-14(6-2)21-15-9-7-8-13(3)11-15/h7-9,11,14H,5-6,10,12,18H2,1-4H3,(H,19,20). The first-order valence-electron chi connectivity index (χ1n) is 7.69. The van der Waals surface area contributed by atoms with Crippen LogP contribution in [0.15, 0.2) is 24.3 Å². The van der Waals surface area contributed by atoms with Gasteiger partial charge in [-0.05, 0) is 44.4 Å². The minimum absolute atomic E-state index is 0.0480. The van der Waals surface area contributed by atoms with E-state index in [1.165, 1.54) is 0 Å². The molecule has 0 heterocycles. The average Bonchev–Trinajstić information content (AvgIpc) is 2.43. The first kappa shape index (κ1) is 17.5. The number of nitrogens with two attached hydrogens (primary N) is 1. The van der Waals surface area contributed by atoms with Gasteiger partial charge < -0.3 is 15.8 Å². The minimum Gasteiger partial charge on any atom is -0.489 e. The zero-order chi connectivity index (χ0) is 15.9. The van der Waals surface area contributed by atoms with Crippen LogP contribution in [0.1, 0.15) is 45.6 Å². The summed E-state index contributed by atoms with van der Waals surface area (Å²) in [5, 5.41) is 2.90. The van der Waals surface area contributed by atoms with E-state index in [0.717, 1.165) is 24.2 Å². The smallest absolute Gasteiger partial charge is 0.239 e. The van der Waals surface area contributed by atoms with Crippen LogP contribution < -0.4 is 15.8 Å². The van der Waals surface area contributed by atoms with E-state index >= 15 is 0 Å². The quantitative estimate of drug-likeness (QED) is 0.774. The number of ether oxygens (including phenoxy) is 1. The van der Waals surface area contributed by atoms with Crippen molar-refractivity contribution < 1.29 is 9.53 Å². The van der Waals surface area contributed by atoms with E-state index in [1.54, 1.807) is 6.92 Å². The van der Waals surface area contributed by atoms with E-state index in [1.807, 2.05) is 45.0 Å². The molecule has 0 saturated carbocycles. The monoisotopic (exact) mass is 292 g/mol. The summed E-state index contributed by atoms with van der Waals surface area (Å²) in [6.45, 7) is 8.34. The van der Waals surface area contributed by atoms with Crippen molar-refractivity contribution in [1.29, 1.82) is 0 Å². The van der Waals surface area contributed by atoms with E-state index in [2.05, 4.69) is 5.32 Å². The van der Waals surface area contributed by atoms with Crippen molar-refractivity contribution in [1.82, 2.24) is 5.32 Å². The third-order valence-corrected chi connectivity index (χ3v) is 3.53. The highest BCUT2D eigenvalue weighted by molar-refractivity contribution is 5.85. The highest BCUT2D eigenvalue weighted by Gasteiger charge is 2.27. The van der Waals surface area contributed by atoms with Crippen molar-refractivity contribution in [2.75, 3.05) is 6.54 Å². The number of hydrogen-bond acceptors (Lipinski definition) is 3. The third-order valence-electron chi connectivity index (χ3n) is 3.53. The van der Waals surface area contributed by atoms with Crippen LogP contribution in [0.5, 0.6) is 5.75 Å². The van der Waals surface area contributed by atoms with Crippen LogP contribution >= 0.6 is 0 Å². The lowest BCUT2D eigenvalue weighted by atomic mass is 9.96. The second-order valence-electron chi connectivity index (χ2n) is 5.84. The third kappa shape index (κ3) is 5.76. The first-order chi connectivity index (χ1) is 9.89. The van der Waals surface area contributed by atoms with E-state index in [-0.39, 0.29) is 12.0 Å². The Balaban J connectivity index is 2.53. The molecule has 3 N–H and O–H groups in total. The predicted molar refractivity (Wildman–Crippen MR) is 86.4 cm³/mol. The molecule has 1 aromatic rings. The molecule has 0 saturated heterocycles. The summed E-state index contributed by atoms with van der Waals surface area (Å²) in [6, 6.07) is 7.92. The highest BCUT2D eigenvalue weighted by Crippen LogP contribution is 2.15. The molecule has 1 aromatic carbocycles. The van der Waals surface area contributed by atoms with Crippen molar-refractivity contribution in [2.45, 2.75) is 58.6 Å². The van der Waals surface area contributed by atoms with Gasteiger partial charge in [-0.1, -0.05) is 32.4 Å². The lowest BCUT2D eigenvalue weighted by Crippen LogP contribution is -2.53. The molecular weight excluding hydrogens is 264 g/mol. The second-order valence-corrected chi connectivity index (χ2v) is 5.84. The minimum atomic E-state index is -0.809. The van der Waals surface area contributed by atoms with Crippen molar-refractivity contribution >= 4 is 5.91 Å². The first-order valence-corrected chi connectivity index (χ1v) is 7.69. The molecule has 0 aliphatic heterocycles. The maximum atomic E-state index is 12.1. The Hall–Kier alpha value is -1.55. The Morgan fingerprint density at radius 2 is 2.14 bits per heavy atom. The number of carbonyl (C=O) groups is 1. The number of rotatable bonds is 8. The molecule has 118 valence electrons. The summed E-state index contributed by atoms with van der Waals surface area (Å²) in [5.74, 6) is 0.718. The number of amides is 1. The Morgan fingerprint density at radius 3 is 2.71 bits per heavy atom. The van der Waals surface area contributed by atoms with Gasteiger partial charge in [0, 0.05) is 0 Å². The van der Waals surface area contributed by atoms with Gasteiger partial charge in [0.1, 0.15) is 11.9 Å². The van der Waals surface area contributed by atoms with Crippen molar-refractivity contribution in [3.05, 3.63) is 29.8 Å². The zero-order valence-corrected chi connectivity index (χ0v) is 13.6. The molecule has 0 aliphatic carbocycles. The molecule has 1 amide bonds. The van der Waals surface area contributed by atoms with Crippen molar-refractivity contribution in [3.8, 4) is 5.75 Å². The molecule has 4 nitrogen and oxygen atoms in total. The molecule has 0 bridgehead atoms. The molecule has 1 rings (SSSR count). The van der Waals surface area contributed by atoms with Crippen molar-refractivity contribution in [3.63, 3.8) is 0 Å². The second kappa shape index (κ2) is 8.03. The Labute approximate surface area is 128 Å². The van der Waals surface area contributed by atoms with Gasteiger partial charge in [0.05, 0.1) is 12.1 Å². The number of benzene rings is 1. The summed E-state index contributed by atoms with van der Waals surface area (Å²) in [5.41, 5.74) is 6.37. The van der Waals surface area contributed by atoms with E-state index < -0.39 is 5.54 Å². The van der Waals surface area contributed by atoms with Crippen LogP contribution in [0, 0.1) is 6.92 Å². The molecule has 4 heteroatoms. The van der Waals surface area contributed by atoms with E-state index in [9.17, 15) is 4.79 Å². The Bertz CT molecular complexity index is 458. The molecule has 2 atom stereocenters. The van der Waals surface area contributed by atoms with Crippen LogP contribution in [-0.4, -0.2) is 24.1 Å². The summed E-state index contributed by atoms with van der Waals surface area (Å²) in [7, 11) is 0. The van der Waals surface area contributed by atoms with Crippen molar-refractivity contribution in [2.24, 2.45) is 5.73 Å². The fourth-order valence-corrected chi connectivity index (χ4v) is 2.19. The van der Waals surface area contributed by atoms with Crippen LogP contribution in [-0.2, 0) is 4.79 Å². The maximum Gasteiger partial charge on any atom is 0.239 e. The molecule has 0 aromatic heterocycles. The number of hydrogen-bond donors (Lipinski definition) is 2. The molecule has 0 fully saturated rings. The van der Waals surface area contributed by atoms with Crippen LogP contribution in [0.2, 0.25) is 0 Å². The molecule has 0 radical (unpaired) electrons. The highest BCUT2D eigenvalue weighted by atomic mass is 16.5. The zero-order valence-electron chi connectivity index (χ0n) is 13.6. The average molecular weight is 292 g/mol. The molecule has 0 aliphatic rings. The topological polar surface area (TPSA) is 64.4 Å². The van der Waals surface area contributed by atoms with Gasteiger partial charge in [-0.25, -0.2) is 0 Å². The van der Waals surface area contributed by atoms with Crippen LogP contribution in [0.3, 0.4) is 0 Å².